The lowest BCUT2D eigenvalue weighted by Gasteiger charge is -2.10. The van der Waals surface area contributed by atoms with Crippen LogP contribution in [0.4, 0.5) is 13.2 Å². The van der Waals surface area contributed by atoms with Crippen LogP contribution in [0.2, 0.25) is 0 Å². The molecular formula is C14H17F3N4O4. The van der Waals surface area contributed by atoms with E-state index in [2.05, 4.69) is 14.7 Å². The van der Waals surface area contributed by atoms with E-state index in [1.807, 2.05) is 0 Å². The predicted molar refractivity (Wildman–Crippen MR) is 83.7 cm³/mol. The molecule has 1 rings (SSSR count). The topological polar surface area (TPSA) is 144 Å². The Hall–Kier alpha value is -2.98. The second-order valence-corrected chi connectivity index (χ2v) is 4.85. The first kappa shape index (κ1) is 20.1. The fraction of sp³-hybridized carbons (Fsp3) is 0.357. The number of nitrogens with zero attached hydrogens (tertiary/aromatic N) is 2. The van der Waals surface area contributed by atoms with Gasteiger partial charge >= 0.3 is 12.3 Å². The monoisotopic (exact) mass is 362 g/mol. The second kappa shape index (κ2) is 8.76. The molecule has 0 saturated carbocycles. The van der Waals surface area contributed by atoms with Crippen LogP contribution in [0, 0.1) is 0 Å². The molecule has 0 aromatic heterocycles. The van der Waals surface area contributed by atoms with Gasteiger partial charge in [0.1, 0.15) is 17.5 Å². The number of halogens is 3. The Kier molecular flexibility index (Phi) is 7.03. The lowest BCUT2D eigenvalue weighted by atomic mass is 10.1. The minimum absolute atomic E-state index is 0.0993. The number of aromatic hydroxyl groups is 1. The van der Waals surface area contributed by atoms with Crippen LogP contribution >= 0.6 is 0 Å². The van der Waals surface area contributed by atoms with Crippen LogP contribution in [0.3, 0.4) is 0 Å². The van der Waals surface area contributed by atoms with Gasteiger partial charge in [-0.3, -0.25) is 9.98 Å². The largest absolute Gasteiger partial charge is 0.573 e. The van der Waals surface area contributed by atoms with Crippen LogP contribution in [0.25, 0.3) is 0 Å². The number of phenols is 1. The van der Waals surface area contributed by atoms with Gasteiger partial charge in [-0.15, -0.1) is 13.2 Å². The van der Waals surface area contributed by atoms with E-state index < -0.39 is 24.1 Å². The van der Waals surface area contributed by atoms with E-state index in [0.717, 1.165) is 24.4 Å². The molecule has 0 aliphatic carbocycles. The molecule has 0 spiro atoms. The number of hydrogen-bond donors (Lipinski definition) is 4. The van der Waals surface area contributed by atoms with Gasteiger partial charge < -0.3 is 26.4 Å². The van der Waals surface area contributed by atoms with Crippen LogP contribution in [-0.4, -0.2) is 47.3 Å². The zero-order chi connectivity index (χ0) is 19.0. The molecule has 0 amide bonds. The molecule has 138 valence electrons. The van der Waals surface area contributed by atoms with Gasteiger partial charge in [0.15, 0.2) is 5.96 Å². The Bertz CT molecular complexity index is 658. The van der Waals surface area contributed by atoms with Gasteiger partial charge in [0.25, 0.3) is 0 Å². The Labute approximate surface area is 140 Å². The summed E-state index contributed by atoms with van der Waals surface area (Å²) in [7, 11) is 0. The molecule has 1 atom stereocenters. The first-order chi connectivity index (χ1) is 11.6. The number of carboxylic acids is 1. The number of benzene rings is 1. The summed E-state index contributed by atoms with van der Waals surface area (Å²) in [4.78, 5) is 18.6. The van der Waals surface area contributed by atoms with Gasteiger partial charge in [-0.2, -0.15) is 0 Å². The number of hydrogen-bond acceptors (Lipinski definition) is 5. The Morgan fingerprint density at radius 2 is 2.04 bits per heavy atom. The molecule has 0 aliphatic heterocycles. The predicted octanol–water partition coefficient (Wildman–Crippen LogP) is 1.22. The number of carbonyl (C=O) groups is 1. The van der Waals surface area contributed by atoms with Crippen molar-refractivity contribution in [3.8, 4) is 11.5 Å². The van der Waals surface area contributed by atoms with Crippen LogP contribution in [0.1, 0.15) is 18.4 Å². The van der Waals surface area contributed by atoms with Gasteiger partial charge in [0, 0.05) is 18.3 Å². The zero-order valence-electron chi connectivity index (χ0n) is 12.9. The first-order valence-corrected chi connectivity index (χ1v) is 6.98. The number of carboxylic acid groups (broad SMARTS) is 1. The molecule has 0 radical (unpaired) electrons. The number of aliphatic carboxylic acids is 1. The maximum absolute atomic E-state index is 12.2. The summed E-state index contributed by atoms with van der Waals surface area (Å²) < 4.78 is 40.3. The second-order valence-electron chi connectivity index (χ2n) is 4.85. The average Bonchev–Trinajstić information content (AvgIpc) is 2.47. The quantitative estimate of drug-likeness (QED) is 0.311. The van der Waals surface area contributed by atoms with E-state index in [9.17, 15) is 23.1 Å². The third-order valence-corrected chi connectivity index (χ3v) is 2.84. The summed E-state index contributed by atoms with van der Waals surface area (Å²) >= 11 is 0. The van der Waals surface area contributed by atoms with Crippen molar-refractivity contribution in [2.45, 2.75) is 25.2 Å². The minimum atomic E-state index is -4.89. The fourth-order valence-electron chi connectivity index (χ4n) is 1.76. The third kappa shape index (κ3) is 7.90. The summed E-state index contributed by atoms with van der Waals surface area (Å²) in [5.74, 6) is -2.29. The standard InChI is InChI=1S/C14H17F3N4O4/c15-14(16,17)25-9-3-4-11(22)8(6-9)7-21-10(12(23)24)2-1-5-20-13(18)19/h3-4,6-7,10,22H,1-2,5H2,(H,23,24)(H4,18,19,20). The van der Waals surface area contributed by atoms with Gasteiger partial charge in [-0.25, -0.2) is 4.79 Å². The van der Waals surface area contributed by atoms with Crippen molar-refractivity contribution in [2.24, 2.45) is 21.5 Å². The third-order valence-electron chi connectivity index (χ3n) is 2.84. The zero-order valence-corrected chi connectivity index (χ0v) is 12.9. The number of phenolic OH excluding ortho intramolecular Hbond substituents is 1. The van der Waals surface area contributed by atoms with Crippen molar-refractivity contribution in [3.05, 3.63) is 23.8 Å². The highest BCUT2D eigenvalue weighted by Gasteiger charge is 2.31. The van der Waals surface area contributed by atoms with Gasteiger partial charge in [0.2, 0.25) is 0 Å². The SMILES string of the molecule is NC(N)=NCCCC(N=Cc1cc(OC(F)(F)F)ccc1O)C(=O)O. The Balaban J connectivity index is 2.83. The molecule has 0 aliphatic rings. The lowest BCUT2D eigenvalue weighted by Crippen LogP contribution is -2.23. The molecule has 6 N–H and O–H groups in total. The number of guanidine groups is 1. The number of alkyl halides is 3. The molecular weight excluding hydrogens is 345 g/mol. The molecule has 1 aromatic carbocycles. The molecule has 1 unspecified atom stereocenters. The number of nitrogens with two attached hydrogens (primary N) is 2. The smallest absolute Gasteiger partial charge is 0.507 e. The molecule has 25 heavy (non-hydrogen) atoms. The number of ether oxygens (including phenoxy) is 1. The Morgan fingerprint density at radius 3 is 2.60 bits per heavy atom. The molecule has 11 heteroatoms. The van der Waals surface area contributed by atoms with Crippen LogP contribution < -0.4 is 16.2 Å². The van der Waals surface area contributed by atoms with Crippen molar-refractivity contribution in [2.75, 3.05) is 6.54 Å². The molecule has 0 heterocycles. The van der Waals surface area contributed by atoms with Gasteiger partial charge in [-0.05, 0) is 31.0 Å². The number of aliphatic imine (C=N–C) groups is 2. The Morgan fingerprint density at radius 1 is 1.36 bits per heavy atom. The fourth-order valence-corrected chi connectivity index (χ4v) is 1.76. The van der Waals surface area contributed by atoms with E-state index >= 15 is 0 Å². The molecule has 1 aromatic rings. The summed E-state index contributed by atoms with van der Waals surface area (Å²) in [5.41, 5.74) is 10.2. The van der Waals surface area contributed by atoms with Gasteiger partial charge in [0.05, 0.1) is 0 Å². The van der Waals surface area contributed by atoms with Crippen molar-refractivity contribution in [1.29, 1.82) is 0 Å². The van der Waals surface area contributed by atoms with Crippen molar-refractivity contribution < 1.29 is 32.9 Å². The lowest BCUT2D eigenvalue weighted by molar-refractivity contribution is -0.274. The van der Waals surface area contributed by atoms with E-state index in [1.54, 1.807) is 0 Å². The molecule has 8 nitrogen and oxygen atoms in total. The van der Waals surface area contributed by atoms with Crippen LogP contribution in [0.15, 0.2) is 28.2 Å². The highest BCUT2D eigenvalue weighted by molar-refractivity contribution is 5.86. The van der Waals surface area contributed by atoms with E-state index in [0.29, 0.717) is 6.42 Å². The molecule has 0 fully saturated rings. The average molecular weight is 362 g/mol. The van der Waals surface area contributed by atoms with Gasteiger partial charge in [-0.1, -0.05) is 0 Å². The van der Waals surface area contributed by atoms with Crippen LogP contribution in [-0.2, 0) is 4.79 Å². The first-order valence-electron chi connectivity index (χ1n) is 6.98. The highest BCUT2D eigenvalue weighted by Crippen LogP contribution is 2.27. The minimum Gasteiger partial charge on any atom is -0.507 e. The summed E-state index contributed by atoms with van der Waals surface area (Å²) in [5, 5.41) is 18.7. The van der Waals surface area contributed by atoms with E-state index in [4.69, 9.17) is 16.6 Å². The summed E-state index contributed by atoms with van der Waals surface area (Å²) in [6.07, 6.45) is -3.49. The molecule has 0 saturated heterocycles. The maximum atomic E-state index is 12.2. The highest BCUT2D eigenvalue weighted by atomic mass is 19.4. The normalized spacial score (nSPS) is 12.8. The molecule has 0 bridgehead atoms. The van der Waals surface area contributed by atoms with Crippen molar-refractivity contribution in [3.63, 3.8) is 0 Å². The maximum Gasteiger partial charge on any atom is 0.573 e. The van der Waals surface area contributed by atoms with Crippen molar-refractivity contribution >= 4 is 18.1 Å². The summed E-state index contributed by atoms with van der Waals surface area (Å²) in [6.45, 7) is 0.210. The number of rotatable bonds is 8. The van der Waals surface area contributed by atoms with Crippen molar-refractivity contribution in [1.82, 2.24) is 0 Å². The van der Waals surface area contributed by atoms with E-state index in [-0.39, 0.29) is 30.2 Å². The van der Waals surface area contributed by atoms with E-state index in [1.165, 1.54) is 0 Å². The van der Waals surface area contributed by atoms with Crippen LogP contribution in [0.5, 0.6) is 11.5 Å². The summed E-state index contributed by atoms with van der Waals surface area (Å²) in [6, 6.07) is 1.63.